The van der Waals surface area contributed by atoms with Crippen molar-refractivity contribution >= 4 is 23.1 Å². The van der Waals surface area contributed by atoms with Crippen molar-refractivity contribution in [3.05, 3.63) is 65.1 Å². The first-order chi connectivity index (χ1) is 18.3. The van der Waals surface area contributed by atoms with Crippen molar-refractivity contribution < 1.29 is 28.9 Å². The summed E-state index contributed by atoms with van der Waals surface area (Å²) in [5.41, 5.74) is 2.15. The number of fused-ring (bicyclic) bond motifs is 1. The minimum Gasteiger partial charge on any atom is -0.505 e. The van der Waals surface area contributed by atoms with Gasteiger partial charge in [-0.25, -0.2) is 4.98 Å². The lowest BCUT2D eigenvalue weighted by atomic mass is 9.96. The number of hydrogen-bond donors (Lipinski definition) is 1. The molecule has 1 saturated heterocycles. The normalized spacial score (nSPS) is 17.1. The number of methoxy groups -OCH3 is 1. The van der Waals surface area contributed by atoms with Crippen molar-refractivity contribution in [3.63, 3.8) is 0 Å². The molecular weight excluding hydrogens is 486 g/mol. The number of pyridine rings is 1. The van der Waals surface area contributed by atoms with Crippen LogP contribution >= 0.6 is 0 Å². The Morgan fingerprint density at radius 1 is 1.11 bits per heavy atom. The van der Waals surface area contributed by atoms with E-state index in [-0.39, 0.29) is 24.5 Å². The van der Waals surface area contributed by atoms with E-state index in [0.717, 1.165) is 6.42 Å². The summed E-state index contributed by atoms with van der Waals surface area (Å²) in [5.74, 6) is -0.146. The van der Waals surface area contributed by atoms with Gasteiger partial charge in [-0.05, 0) is 56.0 Å². The predicted molar refractivity (Wildman–Crippen MR) is 143 cm³/mol. The number of carbonyl (C=O) groups excluding carboxylic acids is 2. The number of aliphatic hydroxyl groups is 1. The molecular formula is C29H35N3O6. The molecule has 3 aromatic rings. The Morgan fingerprint density at radius 3 is 2.61 bits per heavy atom. The molecule has 1 unspecified atom stereocenters. The zero-order valence-corrected chi connectivity index (χ0v) is 22.6. The van der Waals surface area contributed by atoms with Gasteiger partial charge in [-0.1, -0.05) is 26.0 Å². The highest BCUT2D eigenvalue weighted by Gasteiger charge is 2.46. The number of aryl methyl sites for hydroxylation is 1. The zero-order chi connectivity index (χ0) is 27.4. The van der Waals surface area contributed by atoms with Crippen LogP contribution in [0, 0.1) is 12.8 Å². The van der Waals surface area contributed by atoms with Gasteiger partial charge in [0.2, 0.25) is 0 Å². The first-order valence-corrected chi connectivity index (χ1v) is 12.9. The third-order valence-electron chi connectivity index (χ3n) is 6.54. The number of amides is 1. The third-order valence-corrected chi connectivity index (χ3v) is 6.54. The fourth-order valence-electron chi connectivity index (χ4n) is 4.66. The number of hydrogen-bond acceptors (Lipinski definition) is 7. The highest BCUT2D eigenvalue weighted by molar-refractivity contribution is 6.46. The molecule has 9 heteroatoms. The number of likely N-dealkylation sites (tertiary alicyclic amines) is 1. The van der Waals surface area contributed by atoms with Crippen LogP contribution in [0.1, 0.15) is 50.2 Å². The van der Waals surface area contributed by atoms with Gasteiger partial charge in [0.1, 0.15) is 11.3 Å². The van der Waals surface area contributed by atoms with E-state index in [0.29, 0.717) is 53.2 Å². The van der Waals surface area contributed by atoms with Gasteiger partial charge in [0.15, 0.2) is 17.3 Å². The Labute approximate surface area is 222 Å². The van der Waals surface area contributed by atoms with Crippen LogP contribution < -0.4 is 9.47 Å². The third kappa shape index (κ3) is 5.24. The SMILES string of the molecule is CCOc1cc(C2/C(=C(\O)c3c(C)nc4ccccn34)C(=O)C(=O)N2CCOC)ccc1OCCC(C)C. The molecule has 0 bridgehead atoms. The van der Waals surface area contributed by atoms with Gasteiger partial charge in [0.05, 0.1) is 37.1 Å². The smallest absolute Gasteiger partial charge is 0.295 e. The van der Waals surface area contributed by atoms with Crippen molar-refractivity contribution in [1.29, 1.82) is 0 Å². The summed E-state index contributed by atoms with van der Waals surface area (Å²) in [6.45, 7) is 9.25. The summed E-state index contributed by atoms with van der Waals surface area (Å²) in [6.07, 6.45) is 2.65. The monoisotopic (exact) mass is 521 g/mol. The number of Topliss-reactive ketones (excluding diaryl/α,β-unsaturated/α-hetero) is 1. The molecule has 1 aliphatic heterocycles. The first kappa shape index (κ1) is 27.2. The maximum Gasteiger partial charge on any atom is 0.295 e. The van der Waals surface area contributed by atoms with E-state index in [4.69, 9.17) is 14.2 Å². The van der Waals surface area contributed by atoms with Crippen LogP contribution in [0.15, 0.2) is 48.2 Å². The molecule has 0 aliphatic carbocycles. The van der Waals surface area contributed by atoms with Crippen LogP contribution in [0.5, 0.6) is 11.5 Å². The Kier molecular flexibility index (Phi) is 8.36. The molecule has 2 aromatic heterocycles. The van der Waals surface area contributed by atoms with E-state index >= 15 is 0 Å². The minimum atomic E-state index is -0.845. The summed E-state index contributed by atoms with van der Waals surface area (Å²) in [6, 6.07) is 9.99. The predicted octanol–water partition coefficient (Wildman–Crippen LogP) is 4.53. The second kappa shape index (κ2) is 11.7. The lowest BCUT2D eigenvalue weighted by molar-refractivity contribution is -0.140. The quantitative estimate of drug-likeness (QED) is 0.225. The summed E-state index contributed by atoms with van der Waals surface area (Å²) < 4.78 is 18.8. The molecule has 0 radical (unpaired) electrons. The molecule has 1 atom stereocenters. The average Bonchev–Trinajstić information content (AvgIpc) is 3.36. The van der Waals surface area contributed by atoms with Gasteiger partial charge < -0.3 is 24.2 Å². The molecule has 3 heterocycles. The van der Waals surface area contributed by atoms with Crippen LogP contribution in [0.25, 0.3) is 11.4 Å². The molecule has 1 aliphatic rings. The lowest BCUT2D eigenvalue weighted by Gasteiger charge is -2.26. The molecule has 38 heavy (non-hydrogen) atoms. The molecule has 1 amide bonds. The number of ether oxygens (including phenoxy) is 3. The van der Waals surface area contributed by atoms with Crippen molar-refractivity contribution in [2.45, 2.75) is 40.2 Å². The van der Waals surface area contributed by atoms with Gasteiger partial charge in [-0.15, -0.1) is 0 Å². The van der Waals surface area contributed by atoms with Crippen molar-refractivity contribution in [2.75, 3.05) is 33.5 Å². The van der Waals surface area contributed by atoms with Gasteiger partial charge in [0, 0.05) is 19.9 Å². The molecule has 4 rings (SSSR count). The summed E-state index contributed by atoms with van der Waals surface area (Å²) >= 11 is 0. The van der Waals surface area contributed by atoms with E-state index in [9.17, 15) is 14.7 Å². The molecule has 202 valence electrons. The van der Waals surface area contributed by atoms with Gasteiger partial charge in [-0.2, -0.15) is 0 Å². The Balaban J connectivity index is 1.85. The van der Waals surface area contributed by atoms with Gasteiger partial charge >= 0.3 is 0 Å². The Bertz CT molecular complexity index is 1360. The number of nitrogens with zero attached hydrogens (tertiary/aromatic N) is 3. The maximum atomic E-state index is 13.4. The largest absolute Gasteiger partial charge is 0.505 e. The molecule has 0 saturated carbocycles. The van der Waals surface area contributed by atoms with Crippen LogP contribution in [0.2, 0.25) is 0 Å². The van der Waals surface area contributed by atoms with Crippen molar-refractivity contribution in [2.24, 2.45) is 5.92 Å². The summed E-state index contributed by atoms with van der Waals surface area (Å²) in [4.78, 5) is 32.5. The standard InChI is InChI=1S/C29H35N3O6/c1-6-37-22-17-20(10-11-21(22)38-15-12-18(2)3)26-24(28(34)29(35)32(26)14-16-36-5)27(33)25-19(4)30-23-9-7-8-13-31(23)25/h7-11,13,17-18,26,33H,6,12,14-16H2,1-5H3/b27-24+. The number of rotatable bonds is 11. The van der Waals surface area contributed by atoms with Crippen LogP contribution in [-0.2, 0) is 14.3 Å². The highest BCUT2D eigenvalue weighted by Crippen LogP contribution is 2.42. The van der Waals surface area contributed by atoms with E-state index < -0.39 is 17.7 Å². The molecule has 1 fully saturated rings. The summed E-state index contributed by atoms with van der Waals surface area (Å²) in [7, 11) is 1.53. The number of benzene rings is 1. The van der Waals surface area contributed by atoms with Gasteiger partial charge in [-0.3, -0.25) is 14.0 Å². The maximum absolute atomic E-state index is 13.4. The molecule has 1 N–H and O–H groups in total. The Morgan fingerprint density at radius 2 is 1.89 bits per heavy atom. The number of ketones is 1. The molecule has 1 aromatic carbocycles. The number of aliphatic hydroxyl groups excluding tert-OH is 1. The number of carbonyl (C=O) groups is 2. The fourth-order valence-corrected chi connectivity index (χ4v) is 4.66. The lowest BCUT2D eigenvalue weighted by Crippen LogP contribution is -2.32. The number of aromatic nitrogens is 2. The van der Waals surface area contributed by atoms with E-state index in [1.54, 1.807) is 35.7 Å². The second-order valence-corrected chi connectivity index (χ2v) is 9.63. The highest BCUT2D eigenvalue weighted by atomic mass is 16.5. The van der Waals surface area contributed by atoms with Crippen LogP contribution in [-0.4, -0.2) is 64.6 Å². The second-order valence-electron chi connectivity index (χ2n) is 9.63. The average molecular weight is 522 g/mol. The first-order valence-electron chi connectivity index (χ1n) is 12.9. The summed E-state index contributed by atoms with van der Waals surface area (Å²) in [5, 5.41) is 11.6. The van der Waals surface area contributed by atoms with E-state index in [2.05, 4.69) is 18.8 Å². The van der Waals surface area contributed by atoms with Crippen molar-refractivity contribution in [3.8, 4) is 11.5 Å². The van der Waals surface area contributed by atoms with Crippen LogP contribution in [0.4, 0.5) is 0 Å². The molecule has 0 spiro atoms. The van der Waals surface area contributed by atoms with Crippen molar-refractivity contribution in [1.82, 2.24) is 14.3 Å². The zero-order valence-electron chi connectivity index (χ0n) is 22.6. The molecule has 9 nitrogen and oxygen atoms in total. The van der Waals surface area contributed by atoms with Crippen LogP contribution in [0.3, 0.4) is 0 Å². The van der Waals surface area contributed by atoms with Gasteiger partial charge in [0.25, 0.3) is 11.7 Å². The Hall–Kier alpha value is -3.85. The minimum absolute atomic E-state index is 0.00391. The van der Waals surface area contributed by atoms with E-state index in [1.165, 1.54) is 12.0 Å². The van der Waals surface area contributed by atoms with E-state index in [1.807, 2.05) is 25.1 Å². The topological polar surface area (TPSA) is 103 Å². The fraction of sp³-hybridized carbons (Fsp3) is 0.414. The number of imidazole rings is 1.